The summed E-state index contributed by atoms with van der Waals surface area (Å²) in [5.74, 6) is 1.83. The van der Waals surface area contributed by atoms with Crippen molar-refractivity contribution in [2.24, 2.45) is 5.92 Å². The number of rotatable bonds is 8. The first-order valence-corrected chi connectivity index (χ1v) is 6.68. The Balaban J connectivity index is 1.71. The molecule has 3 heteroatoms. The minimum atomic E-state index is 0.110. The predicted octanol–water partition coefficient (Wildman–Crippen LogP) is 2.87. The molecule has 1 fully saturated rings. The Hall–Kier alpha value is -1.53. The molecule has 0 radical (unpaired) electrons. The van der Waals surface area contributed by atoms with Gasteiger partial charge < -0.3 is 10.1 Å². The van der Waals surface area contributed by atoms with Crippen molar-refractivity contribution in [2.45, 2.75) is 32.2 Å². The van der Waals surface area contributed by atoms with Crippen molar-refractivity contribution in [3.63, 3.8) is 0 Å². The van der Waals surface area contributed by atoms with Gasteiger partial charge in [0.15, 0.2) is 6.61 Å². The fraction of sp³-hybridized carbons (Fsp3) is 0.533. The van der Waals surface area contributed by atoms with Gasteiger partial charge in [-0.05, 0) is 31.4 Å². The lowest BCUT2D eigenvalue weighted by Gasteiger charge is -2.10. The molecule has 0 aromatic heterocycles. The number of nitrogens with one attached hydrogen (secondary N) is 1. The predicted molar refractivity (Wildman–Crippen MR) is 71.2 cm³/mol. The van der Waals surface area contributed by atoms with Crippen molar-refractivity contribution in [3.8, 4) is 11.8 Å². The highest BCUT2D eigenvalue weighted by Gasteiger charge is 2.19. The number of ether oxygens (including phenoxy) is 1. The van der Waals surface area contributed by atoms with Crippen molar-refractivity contribution in [2.75, 3.05) is 13.2 Å². The first kappa shape index (κ1) is 12.9. The van der Waals surface area contributed by atoms with E-state index in [1.54, 1.807) is 0 Å². The van der Waals surface area contributed by atoms with Gasteiger partial charge in [0.1, 0.15) is 11.8 Å². The van der Waals surface area contributed by atoms with E-state index in [0.717, 1.165) is 30.3 Å². The van der Waals surface area contributed by atoms with E-state index in [9.17, 15) is 0 Å². The molecule has 2 rings (SSSR count). The van der Waals surface area contributed by atoms with E-state index < -0.39 is 0 Å². The molecule has 3 nitrogen and oxygen atoms in total. The van der Waals surface area contributed by atoms with Gasteiger partial charge in [-0.15, -0.1) is 0 Å². The highest BCUT2D eigenvalue weighted by Crippen LogP contribution is 2.33. The zero-order valence-corrected chi connectivity index (χ0v) is 10.7. The lowest BCUT2D eigenvalue weighted by atomic mass is 10.2. The smallest absolute Gasteiger partial charge is 0.174 e. The van der Waals surface area contributed by atoms with Gasteiger partial charge in [0.25, 0.3) is 0 Å². The Morgan fingerprint density at radius 1 is 1.33 bits per heavy atom. The summed E-state index contributed by atoms with van der Waals surface area (Å²) in [4.78, 5) is 0. The summed E-state index contributed by atoms with van der Waals surface area (Å²) in [7, 11) is 0. The number of nitrogens with zero attached hydrogens (tertiary/aromatic N) is 1. The van der Waals surface area contributed by atoms with Crippen LogP contribution in [0, 0.1) is 17.2 Å². The molecule has 1 aliphatic carbocycles. The Bertz CT molecular complexity index is 407. The molecule has 0 saturated heterocycles. The normalized spacial score (nSPS) is 14.2. The highest BCUT2D eigenvalue weighted by molar-refractivity contribution is 5.33. The number of hydrogen-bond acceptors (Lipinski definition) is 3. The zero-order chi connectivity index (χ0) is 12.6. The number of hydrogen-bond donors (Lipinski definition) is 1. The second-order valence-corrected chi connectivity index (χ2v) is 4.82. The molecule has 1 aromatic carbocycles. The van der Waals surface area contributed by atoms with Crippen LogP contribution in [0.2, 0.25) is 0 Å². The van der Waals surface area contributed by atoms with Crippen molar-refractivity contribution in [1.29, 1.82) is 5.26 Å². The molecule has 1 N–H and O–H groups in total. The average Bonchev–Trinajstić information content (AvgIpc) is 3.21. The SMILES string of the molecule is N#CCOc1ccccc1CNCCCC1CC1. The van der Waals surface area contributed by atoms with E-state index in [1.165, 1.54) is 25.7 Å². The van der Waals surface area contributed by atoms with Crippen LogP contribution in [-0.4, -0.2) is 13.2 Å². The molecule has 96 valence electrons. The van der Waals surface area contributed by atoms with Crippen LogP contribution < -0.4 is 10.1 Å². The summed E-state index contributed by atoms with van der Waals surface area (Å²) in [5.41, 5.74) is 1.12. The summed E-state index contributed by atoms with van der Waals surface area (Å²) < 4.78 is 5.39. The van der Waals surface area contributed by atoms with E-state index in [-0.39, 0.29) is 6.61 Å². The van der Waals surface area contributed by atoms with Crippen LogP contribution in [0.3, 0.4) is 0 Å². The first-order valence-electron chi connectivity index (χ1n) is 6.68. The molecule has 0 spiro atoms. The second kappa shape index (κ2) is 7.03. The third-order valence-electron chi connectivity index (χ3n) is 3.24. The molecule has 1 saturated carbocycles. The quantitative estimate of drug-likeness (QED) is 0.715. The van der Waals surface area contributed by atoms with Crippen LogP contribution in [0.15, 0.2) is 24.3 Å². The molecular formula is C15H20N2O. The standard InChI is InChI=1S/C15H20N2O/c16-9-11-18-15-6-2-1-5-14(15)12-17-10-3-4-13-7-8-13/h1-2,5-6,13,17H,3-4,7-8,10-12H2. The van der Waals surface area contributed by atoms with E-state index in [1.807, 2.05) is 30.3 Å². The van der Waals surface area contributed by atoms with Gasteiger partial charge in [-0.2, -0.15) is 5.26 Å². The second-order valence-electron chi connectivity index (χ2n) is 4.82. The van der Waals surface area contributed by atoms with Gasteiger partial charge in [0.2, 0.25) is 0 Å². The van der Waals surface area contributed by atoms with Gasteiger partial charge >= 0.3 is 0 Å². The van der Waals surface area contributed by atoms with E-state index in [0.29, 0.717) is 0 Å². The minimum absolute atomic E-state index is 0.110. The lowest BCUT2D eigenvalue weighted by molar-refractivity contribution is 0.362. The minimum Gasteiger partial charge on any atom is -0.478 e. The van der Waals surface area contributed by atoms with Gasteiger partial charge in [-0.25, -0.2) is 0 Å². The third kappa shape index (κ3) is 4.38. The van der Waals surface area contributed by atoms with E-state index in [4.69, 9.17) is 10.00 Å². The van der Waals surface area contributed by atoms with Gasteiger partial charge in [0.05, 0.1) is 0 Å². The van der Waals surface area contributed by atoms with E-state index in [2.05, 4.69) is 5.32 Å². The fourth-order valence-electron chi connectivity index (χ4n) is 2.05. The molecular weight excluding hydrogens is 224 g/mol. The first-order chi connectivity index (χ1) is 8.90. The van der Waals surface area contributed by atoms with Crippen molar-refractivity contribution in [1.82, 2.24) is 5.32 Å². The molecule has 0 aliphatic heterocycles. The van der Waals surface area contributed by atoms with Crippen molar-refractivity contribution < 1.29 is 4.74 Å². The van der Waals surface area contributed by atoms with Crippen LogP contribution in [0.25, 0.3) is 0 Å². The zero-order valence-electron chi connectivity index (χ0n) is 10.7. The Kier molecular flexibility index (Phi) is 5.04. The van der Waals surface area contributed by atoms with Gasteiger partial charge in [0, 0.05) is 12.1 Å². The van der Waals surface area contributed by atoms with Crippen molar-refractivity contribution in [3.05, 3.63) is 29.8 Å². The topological polar surface area (TPSA) is 45.0 Å². The third-order valence-corrected chi connectivity index (χ3v) is 3.24. The molecule has 1 aromatic rings. The highest BCUT2D eigenvalue weighted by atomic mass is 16.5. The summed E-state index contributed by atoms with van der Waals surface area (Å²) in [6, 6.07) is 9.89. The largest absolute Gasteiger partial charge is 0.478 e. The number of para-hydroxylation sites is 1. The Morgan fingerprint density at radius 3 is 2.94 bits per heavy atom. The molecule has 0 heterocycles. The maximum Gasteiger partial charge on any atom is 0.174 e. The van der Waals surface area contributed by atoms with Crippen LogP contribution in [-0.2, 0) is 6.54 Å². The van der Waals surface area contributed by atoms with Gasteiger partial charge in [-0.1, -0.05) is 31.0 Å². The lowest BCUT2D eigenvalue weighted by Crippen LogP contribution is -2.15. The Morgan fingerprint density at radius 2 is 2.17 bits per heavy atom. The average molecular weight is 244 g/mol. The van der Waals surface area contributed by atoms with Crippen LogP contribution >= 0.6 is 0 Å². The molecule has 0 atom stereocenters. The number of nitriles is 1. The molecule has 0 unspecified atom stereocenters. The molecule has 0 bridgehead atoms. The van der Waals surface area contributed by atoms with Crippen molar-refractivity contribution >= 4 is 0 Å². The van der Waals surface area contributed by atoms with Gasteiger partial charge in [-0.3, -0.25) is 0 Å². The molecule has 18 heavy (non-hydrogen) atoms. The monoisotopic (exact) mass is 244 g/mol. The van der Waals surface area contributed by atoms with E-state index >= 15 is 0 Å². The summed E-state index contributed by atoms with van der Waals surface area (Å²) >= 11 is 0. The summed E-state index contributed by atoms with van der Waals surface area (Å²) in [6.07, 6.45) is 5.49. The van der Waals surface area contributed by atoms with Crippen LogP contribution in [0.4, 0.5) is 0 Å². The summed E-state index contributed by atoms with van der Waals surface area (Å²) in [5, 5.41) is 12.0. The fourth-order valence-corrected chi connectivity index (χ4v) is 2.05. The molecule has 1 aliphatic rings. The Labute approximate surface area is 109 Å². The van der Waals surface area contributed by atoms with Crippen LogP contribution in [0.5, 0.6) is 5.75 Å². The number of benzene rings is 1. The maximum atomic E-state index is 8.53. The van der Waals surface area contributed by atoms with Crippen LogP contribution in [0.1, 0.15) is 31.2 Å². The molecule has 0 amide bonds. The maximum absolute atomic E-state index is 8.53. The summed E-state index contributed by atoms with van der Waals surface area (Å²) in [6.45, 7) is 1.98.